The van der Waals surface area contributed by atoms with Crippen molar-refractivity contribution in [3.8, 4) is 0 Å². The van der Waals surface area contributed by atoms with Crippen molar-refractivity contribution in [1.82, 2.24) is 25.8 Å². The fraction of sp³-hybridized carbons (Fsp3) is 0.500. The lowest BCUT2D eigenvalue weighted by molar-refractivity contribution is -0.258. The second-order valence-electron chi connectivity index (χ2n) is 6.48. The normalized spacial score (nSPS) is 34.4. The molecule has 12 heteroatoms. The van der Waals surface area contributed by atoms with Crippen molar-refractivity contribution < 1.29 is 24.9 Å². The Balaban J connectivity index is 1.71. The number of aliphatic hydroxyl groups is 3. The maximum atomic E-state index is 12.2. The number of carbonyl (C=O) groups is 1. The van der Waals surface area contributed by atoms with Crippen LogP contribution >= 0.6 is 0 Å². The van der Waals surface area contributed by atoms with Gasteiger partial charge in [0.2, 0.25) is 5.79 Å². The molecular weight excluding hydrogens is 346 g/mol. The fourth-order valence-electron chi connectivity index (χ4n) is 3.92. The lowest BCUT2D eigenvalue weighted by Crippen LogP contribution is -2.80. The van der Waals surface area contributed by atoms with Gasteiger partial charge in [0.05, 0.1) is 25.2 Å². The summed E-state index contributed by atoms with van der Waals surface area (Å²) >= 11 is 0. The van der Waals surface area contributed by atoms with Crippen molar-refractivity contribution in [3.63, 3.8) is 0 Å². The third kappa shape index (κ3) is 1.97. The monoisotopic (exact) mass is 365 g/mol. The number of hydrogen-bond donors (Lipinski definition) is 9. The van der Waals surface area contributed by atoms with E-state index >= 15 is 0 Å². The van der Waals surface area contributed by atoms with Crippen molar-refractivity contribution in [2.75, 3.05) is 13.2 Å². The molecule has 2 unspecified atom stereocenters. The Hall–Kier alpha value is -2.83. The van der Waals surface area contributed by atoms with E-state index in [2.05, 4.69) is 20.9 Å². The smallest absolute Gasteiger partial charge is 0.355 e. The van der Waals surface area contributed by atoms with Crippen molar-refractivity contribution in [3.05, 3.63) is 24.0 Å². The number of ether oxygens (including phenoxy) is 1. The van der Waals surface area contributed by atoms with Gasteiger partial charge >= 0.3 is 5.97 Å². The fourth-order valence-corrected chi connectivity index (χ4v) is 3.92. The number of hydrogen-bond acceptors (Lipinski definition) is 7. The minimum atomic E-state index is -2.64. The van der Waals surface area contributed by atoms with Crippen LogP contribution in [0.15, 0.2) is 18.3 Å². The van der Waals surface area contributed by atoms with E-state index in [1.165, 1.54) is 17.2 Å². The van der Waals surface area contributed by atoms with Crippen LogP contribution in [-0.4, -0.2) is 85.9 Å². The van der Waals surface area contributed by atoms with Crippen molar-refractivity contribution in [1.29, 1.82) is 10.8 Å². The molecule has 1 aromatic heterocycles. The molecule has 0 aliphatic carbocycles. The maximum Gasteiger partial charge on any atom is 0.355 e. The molecule has 3 saturated heterocycles. The zero-order chi connectivity index (χ0) is 18.7. The Morgan fingerprint density at radius 3 is 2.81 bits per heavy atom. The minimum absolute atomic E-state index is 0.145. The van der Waals surface area contributed by atoms with E-state index in [4.69, 9.17) is 15.6 Å². The van der Waals surface area contributed by atoms with Gasteiger partial charge in [0.15, 0.2) is 23.7 Å². The average molecular weight is 365 g/mol. The summed E-state index contributed by atoms with van der Waals surface area (Å²) in [7, 11) is 0. The molecule has 3 fully saturated rings. The first-order valence-electron chi connectivity index (χ1n) is 7.97. The molecule has 0 radical (unpaired) electrons. The summed E-state index contributed by atoms with van der Waals surface area (Å²) in [5, 5.41) is 55.6. The van der Waals surface area contributed by atoms with Gasteiger partial charge in [-0.05, 0) is 12.1 Å². The molecular formula is C14H19N7O5. The lowest BCUT2D eigenvalue weighted by Gasteiger charge is -2.50. The van der Waals surface area contributed by atoms with Gasteiger partial charge in [-0.2, -0.15) is 0 Å². The second-order valence-corrected chi connectivity index (χ2v) is 6.48. The Kier molecular flexibility index (Phi) is 3.41. The zero-order valence-electron chi connectivity index (χ0n) is 13.5. The molecule has 3 aliphatic rings. The zero-order valence-corrected chi connectivity index (χ0v) is 13.5. The molecule has 0 saturated carbocycles. The van der Waals surface area contributed by atoms with E-state index in [1.807, 2.05) is 0 Å². The van der Waals surface area contributed by atoms with E-state index in [0.717, 1.165) is 0 Å². The summed E-state index contributed by atoms with van der Waals surface area (Å²) in [6.45, 7) is -0.602. The first-order valence-corrected chi connectivity index (χ1v) is 7.97. The number of carbonyl (C=O) groups excluding carboxylic acids is 1. The van der Waals surface area contributed by atoms with Gasteiger partial charge in [-0.15, -0.1) is 0 Å². The first kappa shape index (κ1) is 16.6. The van der Waals surface area contributed by atoms with Gasteiger partial charge in [0.1, 0.15) is 5.69 Å². The Labute approximate surface area is 147 Å². The van der Waals surface area contributed by atoms with E-state index in [1.54, 1.807) is 6.07 Å². The highest BCUT2D eigenvalue weighted by molar-refractivity contribution is 5.89. The van der Waals surface area contributed by atoms with E-state index in [9.17, 15) is 20.1 Å². The number of nitrogens with one attached hydrogen (secondary N) is 6. The van der Waals surface area contributed by atoms with Gasteiger partial charge in [-0.3, -0.25) is 10.8 Å². The van der Waals surface area contributed by atoms with Crippen LogP contribution < -0.4 is 16.0 Å². The van der Waals surface area contributed by atoms with Crippen LogP contribution in [0.2, 0.25) is 0 Å². The molecule has 140 valence electrons. The van der Waals surface area contributed by atoms with Crippen LogP contribution in [0.4, 0.5) is 0 Å². The first-order chi connectivity index (χ1) is 12.3. The summed E-state index contributed by atoms with van der Waals surface area (Å²) in [5.74, 6) is -3.80. The largest absolute Gasteiger partial charge is 0.450 e. The highest BCUT2D eigenvalue weighted by Gasteiger charge is 2.75. The highest BCUT2D eigenvalue weighted by Crippen LogP contribution is 2.43. The molecule has 3 aliphatic heterocycles. The Bertz CT molecular complexity index is 766. The number of nitrogens with zero attached hydrogens (tertiary/aromatic N) is 1. The predicted octanol–water partition coefficient (Wildman–Crippen LogP) is -3.37. The molecule has 0 amide bonds. The van der Waals surface area contributed by atoms with Crippen molar-refractivity contribution in [2.45, 2.75) is 29.6 Å². The summed E-state index contributed by atoms with van der Waals surface area (Å²) in [4.78, 5) is 16.2. The van der Waals surface area contributed by atoms with Crippen LogP contribution in [0, 0.1) is 10.8 Å². The van der Waals surface area contributed by atoms with Crippen LogP contribution in [0.3, 0.4) is 0 Å². The number of esters is 1. The van der Waals surface area contributed by atoms with Crippen LogP contribution in [0.5, 0.6) is 0 Å². The molecule has 0 bridgehead atoms. The van der Waals surface area contributed by atoms with Gasteiger partial charge in [0.25, 0.3) is 0 Å². The Morgan fingerprint density at radius 2 is 2.15 bits per heavy atom. The van der Waals surface area contributed by atoms with Crippen molar-refractivity contribution >= 4 is 17.9 Å². The van der Waals surface area contributed by atoms with E-state index in [0.29, 0.717) is 0 Å². The molecule has 4 rings (SSSR count). The van der Waals surface area contributed by atoms with Gasteiger partial charge in [-0.1, -0.05) is 0 Å². The third-order valence-corrected chi connectivity index (χ3v) is 5.11. The molecule has 4 atom stereocenters. The quantitative estimate of drug-likeness (QED) is 0.194. The molecule has 4 heterocycles. The van der Waals surface area contributed by atoms with Crippen LogP contribution in [0.25, 0.3) is 0 Å². The number of aromatic amines is 1. The number of aliphatic hydroxyl groups excluding tert-OH is 1. The van der Waals surface area contributed by atoms with Gasteiger partial charge in [-0.25, -0.2) is 4.79 Å². The lowest BCUT2D eigenvalue weighted by atomic mass is 9.85. The highest BCUT2D eigenvalue weighted by atomic mass is 16.6. The molecule has 1 spiro atoms. The third-order valence-electron chi connectivity index (χ3n) is 5.11. The number of H-pyrrole nitrogens is 1. The van der Waals surface area contributed by atoms with E-state index < -0.39 is 42.2 Å². The van der Waals surface area contributed by atoms with Crippen LogP contribution in [-0.2, 0) is 4.74 Å². The maximum absolute atomic E-state index is 12.2. The predicted molar refractivity (Wildman–Crippen MR) is 86.1 cm³/mol. The summed E-state index contributed by atoms with van der Waals surface area (Å²) in [6.07, 6.45) is 0.129. The summed E-state index contributed by atoms with van der Waals surface area (Å²) < 4.78 is 5.28. The minimum Gasteiger partial charge on any atom is -0.450 e. The van der Waals surface area contributed by atoms with Crippen molar-refractivity contribution in [2.24, 2.45) is 0 Å². The topological polar surface area (TPSA) is 190 Å². The SMILES string of the molecule is N=C1NC2[C@H](CO)NC(=N)N3C[C@H](OC(=O)c4ccc[nH]4)C(O)(O)C23N1. The molecule has 0 aromatic carbocycles. The molecule has 12 nitrogen and oxygen atoms in total. The van der Waals surface area contributed by atoms with Gasteiger partial charge in [0, 0.05) is 6.20 Å². The summed E-state index contributed by atoms with van der Waals surface area (Å²) in [6, 6.07) is 1.46. The second kappa shape index (κ2) is 5.33. The standard InChI is InChI=1S/C14H19N7O5/c15-11-19-9-7(5-22)18-12(16)21-4-8(14(24,25)13(9,21)20-11)26-10(23)6-2-1-3-17-6/h1-3,7-9,17,22,24-25H,4-5H2,(H2,16,18)(H3,15,19,20)/t7-,8-,9?,13?/m0/s1. The number of guanidine groups is 2. The Morgan fingerprint density at radius 1 is 1.38 bits per heavy atom. The van der Waals surface area contributed by atoms with E-state index in [-0.39, 0.29) is 24.2 Å². The summed E-state index contributed by atoms with van der Waals surface area (Å²) in [5.41, 5.74) is -1.60. The average Bonchev–Trinajstić information content (AvgIpc) is 3.27. The molecule has 26 heavy (non-hydrogen) atoms. The van der Waals surface area contributed by atoms with Crippen LogP contribution in [0.1, 0.15) is 10.5 Å². The molecule has 9 N–H and O–H groups in total. The number of aromatic nitrogens is 1. The van der Waals surface area contributed by atoms with Gasteiger partial charge < -0.3 is 45.9 Å². The number of rotatable bonds is 3. The molecule has 1 aromatic rings.